The summed E-state index contributed by atoms with van der Waals surface area (Å²) in [5.41, 5.74) is 1.75. The van der Waals surface area contributed by atoms with Crippen LogP contribution in [0.15, 0.2) is 24.5 Å². The molecule has 1 aliphatic carbocycles. The maximum Gasteiger partial charge on any atom is 0.0639 e. The van der Waals surface area contributed by atoms with Crippen molar-refractivity contribution in [3.05, 3.63) is 30.1 Å². The summed E-state index contributed by atoms with van der Waals surface area (Å²) in [4.78, 5) is 6.81. The lowest BCUT2D eigenvalue weighted by molar-refractivity contribution is -0.0366. The van der Waals surface area contributed by atoms with E-state index in [0.717, 1.165) is 6.54 Å². The van der Waals surface area contributed by atoms with Crippen molar-refractivity contribution in [2.75, 3.05) is 20.2 Å². The van der Waals surface area contributed by atoms with Gasteiger partial charge in [0.2, 0.25) is 0 Å². The largest absolute Gasteiger partial charge is 0.381 e. The number of hydrogen-bond acceptors (Lipinski definition) is 3. The second kappa shape index (κ2) is 5.59. The molecule has 0 aromatic carbocycles. The number of hydrogen-bond donors (Lipinski definition) is 0. The maximum absolute atomic E-state index is 5.76. The third-order valence-electron chi connectivity index (χ3n) is 4.92. The van der Waals surface area contributed by atoms with E-state index in [0.29, 0.717) is 11.5 Å². The highest BCUT2D eigenvalue weighted by atomic mass is 16.5. The average molecular weight is 260 g/mol. The van der Waals surface area contributed by atoms with Gasteiger partial charge in [-0.2, -0.15) is 0 Å². The minimum absolute atomic E-state index is 0.426. The van der Waals surface area contributed by atoms with Crippen LogP contribution in [0.5, 0.6) is 0 Å². The van der Waals surface area contributed by atoms with Crippen molar-refractivity contribution in [3.8, 4) is 0 Å². The molecule has 0 unspecified atom stereocenters. The molecule has 0 amide bonds. The highest BCUT2D eigenvalue weighted by Gasteiger charge is 2.45. The maximum atomic E-state index is 5.76. The van der Waals surface area contributed by atoms with Crippen LogP contribution in [0.4, 0.5) is 0 Å². The lowest BCUT2D eigenvalue weighted by atomic mass is 9.76. The zero-order valence-corrected chi connectivity index (χ0v) is 11.8. The van der Waals surface area contributed by atoms with Gasteiger partial charge < -0.3 is 4.74 Å². The molecule has 1 saturated carbocycles. The Morgan fingerprint density at radius 3 is 3.11 bits per heavy atom. The molecule has 19 heavy (non-hydrogen) atoms. The Bertz CT molecular complexity index is 408. The topological polar surface area (TPSA) is 25.4 Å². The summed E-state index contributed by atoms with van der Waals surface area (Å²) in [5, 5.41) is 0. The standard InChI is InChI=1S/C16H24N2O/c1-19-15-6-2-7-16(15)8-4-10-18(13-16)12-14-5-3-9-17-11-14/h3,5,9,11,15H,2,4,6-8,10,12-13H2,1H3/t15-,16-/m1/s1. The summed E-state index contributed by atoms with van der Waals surface area (Å²) in [7, 11) is 1.89. The zero-order valence-electron chi connectivity index (χ0n) is 11.8. The van der Waals surface area contributed by atoms with Crippen molar-refractivity contribution >= 4 is 0 Å². The van der Waals surface area contributed by atoms with Gasteiger partial charge in [0.05, 0.1) is 6.10 Å². The molecule has 0 N–H and O–H groups in total. The Labute approximate surface area is 116 Å². The summed E-state index contributed by atoms with van der Waals surface area (Å²) < 4.78 is 5.76. The molecule has 1 saturated heterocycles. The second-order valence-electron chi connectivity index (χ2n) is 6.15. The van der Waals surface area contributed by atoms with Crippen molar-refractivity contribution in [1.82, 2.24) is 9.88 Å². The molecule has 1 aromatic rings. The van der Waals surface area contributed by atoms with Gasteiger partial charge in [0.15, 0.2) is 0 Å². The summed E-state index contributed by atoms with van der Waals surface area (Å²) in [6.07, 6.45) is 10.9. The molecule has 1 aromatic heterocycles. The lowest BCUT2D eigenvalue weighted by Gasteiger charge is -2.43. The van der Waals surface area contributed by atoms with E-state index in [-0.39, 0.29) is 0 Å². The Morgan fingerprint density at radius 1 is 1.42 bits per heavy atom. The van der Waals surface area contributed by atoms with Crippen molar-refractivity contribution in [3.63, 3.8) is 0 Å². The van der Waals surface area contributed by atoms with Gasteiger partial charge >= 0.3 is 0 Å². The Morgan fingerprint density at radius 2 is 2.32 bits per heavy atom. The molecule has 2 heterocycles. The molecule has 0 bridgehead atoms. The predicted octanol–water partition coefficient (Wildman–Crippen LogP) is 2.86. The predicted molar refractivity (Wildman–Crippen MR) is 75.8 cm³/mol. The molecular formula is C16H24N2O. The number of ether oxygens (including phenoxy) is 1. The fourth-order valence-electron chi connectivity index (χ4n) is 4.08. The number of likely N-dealkylation sites (tertiary alicyclic amines) is 1. The molecule has 0 radical (unpaired) electrons. The van der Waals surface area contributed by atoms with Crippen molar-refractivity contribution < 1.29 is 4.74 Å². The van der Waals surface area contributed by atoms with E-state index >= 15 is 0 Å². The van der Waals surface area contributed by atoms with E-state index in [1.807, 2.05) is 25.6 Å². The molecular weight excluding hydrogens is 236 g/mol. The molecule has 3 nitrogen and oxygen atoms in total. The number of nitrogens with zero attached hydrogens (tertiary/aromatic N) is 2. The van der Waals surface area contributed by atoms with Crippen LogP contribution in [0, 0.1) is 5.41 Å². The first-order valence-corrected chi connectivity index (χ1v) is 7.46. The molecule has 3 rings (SSSR count). The third-order valence-corrected chi connectivity index (χ3v) is 4.92. The minimum Gasteiger partial charge on any atom is -0.381 e. The SMILES string of the molecule is CO[C@@H]1CCC[C@]12CCCN(Cc1cccnc1)C2. The lowest BCUT2D eigenvalue weighted by Crippen LogP contribution is -2.47. The van der Waals surface area contributed by atoms with E-state index < -0.39 is 0 Å². The number of aromatic nitrogens is 1. The summed E-state index contributed by atoms with van der Waals surface area (Å²) in [6, 6.07) is 4.21. The first-order chi connectivity index (χ1) is 9.32. The van der Waals surface area contributed by atoms with E-state index in [2.05, 4.69) is 16.0 Å². The van der Waals surface area contributed by atoms with Crippen molar-refractivity contribution in [2.24, 2.45) is 5.41 Å². The minimum atomic E-state index is 0.426. The van der Waals surface area contributed by atoms with Crippen LogP contribution in [0.1, 0.15) is 37.7 Å². The molecule has 104 valence electrons. The number of pyridine rings is 1. The molecule has 1 aliphatic heterocycles. The van der Waals surface area contributed by atoms with Crippen LogP contribution in [0.3, 0.4) is 0 Å². The van der Waals surface area contributed by atoms with Crippen LogP contribution < -0.4 is 0 Å². The Hall–Kier alpha value is -0.930. The monoisotopic (exact) mass is 260 g/mol. The van der Waals surface area contributed by atoms with Gasteiger partial charge in [-0.25, -0.2) is 0 Å². The Balaban J connectivity index is 1.68. The van der Waals surface area contributed by atoms with Gasteiger partial charge in [-0.15, -0.1) is 0 Å². The number of piperidine rings is 1. The van der Waals surface area contributed by atoms with Crippen LogP contribution in [0.2, 0.25) is 0 Å². The van der Waals surface area contributed by atoms with E-state index in [4.69, 9.17) is 4.74 Å². The summed E-state index contributed by atoms with van der Waals surface area (Å²) >= 11 is 0. The van der Waals surface area contributed by atoms with Crippen molar-refractivity contribution in [1.29, 1.82) is 0 Å². The first-order valence-electron chi connectivity index (χ1n) is 7.46. The molecule has 1 spiro atoms. The van der Waals surface area contributed by atoms with Gasteiger partial charge in [-0.05, 0) is 43.9 Å². The first kappa shape index (κ1) is 13.1. The van der Waals surface area contributed by atoms with Crippen molar-refractivity contribution in [2.45, 2.75) is 44.8 Å². The molecule has 2 fully saturated rings. The van der Waals surface area contributed by atoms with E-state index in [1.165, 1.54) is 50.8 Å². The highest BCUT2D eigenvalue weighted by molar-refractivity contribution is 5.09. The second-order valence-corrected chi connectivity index (χ2v) is 6.15. The number of rotatable bonds is 3. The Kier molecular flexibility index (Phi) is 3.85. The average Bonchev–Trinajstić information content (AvgIpc) is 2.82. The smallest absolute Gasteiger partial charge is 0.0639 e. The van der Waals surface area contributed by atoms with Gasteiger partial charge in [-0.1, -0.05) is 12.5 Å². The van der Waals surface area contributed by atoms with Gasteiger partial charge in [-0.3, -0.25) is 9.88 Å². The highest BCUT2D eigenvalue weighted by Crippen LogP contribution is 2.46. The van der Waals surface area contributed by atoms with Gasteiger partial charge in [0.25, 0.3) is 0 Å². The van der Waals surface area contributed by atoms with Gasteiger partial charge in [0, 0.05) is 38.0 Å². The summed E-state index contributed by atoms with van der Waals surface area (Å²) in [5.74, 6) is 0. The van der Waals surface area contributed by atoms with Gasteiger partial charge in [0.1, 0.15) is 0 Å². The zero-order chi connectivity index (χ0) is 13.1. The van der Waals surface area contributed by atoms with Crippen LogP contribution in [-0.2, 0) is 11.3 Å². The molecule has 3 heteroatoms. The fourth-order valence-corrected chi connectivity index (χ4v) is 4.08. The van der Waals surface area contributed by atoms with E-state index in [9.17, 15) is 0 Å². The van der Waals surface area contributed by atoms with Crippen LogP contribution in [-0.4, -0.2) is 36.2 Å². The quantitative estimate of drug-likeness (QED) is 0.835. The normalized spacial score (nSPS) is 31.9. The molecule has 2 aliphatic rings. The van der Waals surface area contributed by atoms with Crippen LogP contribution in [0.25, 0.3) is 0 Å². The van der Waals surface area contributed by atoms with E-state index in [1.54, 1.807) is 0 Å². The van der Waals surface area contributed by atoms with Crippen LogP contribution >= 0.6 is 0 Å². The summed E-state index contributed by atoms with van der Waals surface area (Å²) in [6.45, 7) is 3.44. The fraction of sp³-hybridized carbons (Fsp3) is 0.688. The molecule has 2 atom stereocenters. The third kappa shape index (κ3) is 2.67. The number of methoxy groups -OCH3 is 1.